The normalized spacial score (nSPS) is 12.0. The number of nitrogens with one attached hydrogen (secondary N) is 1. The van der Waals surface area contributed by atoms with E-state index in [1.165, 1.54) is 0 Å². The molecule has 5 nitrogen and oxygen atoms in total. The molecule has 0 fully saturated rings. The SMILES string of the molecule is CNC(=O)c1c(-c2ccc(Cl)cc2)noc1CC(O)c1ccccc1. The Labute approximate surface area is 150 Å². The fourth-order valence-corrected chi connectivity index (χ4v) is 2.72. The second-order valence-electron chi connectivity index (χ2n) is 5.55. The van der Waals surface area contributed by atoms with Gasteiger partial charge in [-0.05, 0) is 17.7 Å². The predicted molar refractivity (Wildman–Crippen MR) is 95.4 cm³/mol. The zero-order chi connectivity index (χ0) is 17.8. The van der Waals surface area contributed by atoms with E-state index in [1.807, 2.05) is 30.3 Å². The van der Waals surface area contributed by atoms with Crippen molar-refractivity contribution >= 4 is 17.5 Å². The number of hydrogen-bond acceptors (Lipinski definition) is 4. The van der Waals surface area contributed by atoms with Gasteiger partial charge in [-0.15, -0.1) is 0 Å². The van der Waals surface area contributed by atoms with Crippen molar-refractivity contribution in [3.63, 3.8) is 0 Å². The number of aromatic nitrogens is 1. The Hall–Kier alpha value is -2.63. The first-order valence-electron chi connectivity index (χ1n) is 7.79. The lowest BCUT2D eigenvalue weighted by Gasteiger charge is -2.10. The Morgan fingerprint density at radius 1 is 1.20 bits per heavy atom. The largest absolute Gasteiger partial charge is 0.388 e. The van der Waals surface area contributed by atoms with E-state index >= 15 is 0 Å². The highest BCUT2D eigenvalue weighted by Gasteiger charge is 2.25. The van der Waals surface area contributed by atoms with Crippen LogP contribution in [0.3, 0.4) is 0 Å². The molecule has 0 bridgehead atoms. The number of aliphatic hydroxyl groups excluding tert-OH is 1. The smallest absolute Gasteiger partial charge is 0.256 e. The van der Waals surface area contributed by atoms with Crippen LogP contribution < -0.4 is 5.32 Å². The summed E-state index contributed by atoms with van der Waals surface area (Å²) < 4.78 is 5.39. The minimum Gasteiger partial charge on any atom is -0.388 e. The van der Waals surface area contributed by atoms with Crippen LogP contribution in [-0.2, 0) is 6.42 Å². The summed E-state index contributed by atoms with van der Waals surface area (Å²) in [4.78, 5) is 12.4. The highest BCUT2D eigenvalue weighted by atomic mass is 35.5. The fourth-order valence-electron chi connectivity index (χ4n) is 2.60. The van der Waals surface area contributed by atoms with E-state index in [4.69, 9.17) is 16.1 Å². The van der Waals surface area contributed by atoms with Crippen molar-refractivity contribution in [1.82, 2.24) is 10.5 Å². The minimum absolute atomic E-state index is 0.146. The summed E-state index contributed by atoms with van der Waals surface area (Å²) in [6.07, 6.45) is -0.650. The van der Waals surface area contributed by atoms with Gasteiger partial charge in [-0.3, -0.25) is 4.79 Å². The molecule has 2 aromatic carbocycles. The number of hydrogen-bond donors (Lipinski definition) is 2. The van der Waals surface area contributed by atoms with Crippen LogP contribution in [0.25, 0.3) is 11.3 Å². The van der Waals surface area contributed by atoms with E-state index in [2.05, 4.69) is 10.5 Å². The molecule has 0 aliphatic rings. The Bertz CT molecular complexity index is 860. The van der Waals surface area contributed by atoms with E-state index in [1.54, 1.807) is 31.3 Å². The molecular formula is C19H17ClN2O3. The molecule has 0 aliphatic heterocycles. The third-order valence-electron chi connectivity index (χ3n) is 3.90. The van der Waals surface area contributed by atoms with E-state index in [-0.39, 0.29) is 12.3 Å². The third kappa shape index (κ3) is 3.73. The van der Waals surface area contributed by atoms with Crippen LogP contribution in [0, 0.1) is 0 Å². The average Bonchev–Trinajstić information content (AvgIpc) is 3.06. The third-order valence-corrected chi connectivity index (χ3v) is 4.15. The quantitative estimate of drug-likeness (QED) is 0.732. The molecule has 0 spiro atoms. The highest BCUT2D eigenvalue weighted by molar-refractivity contribution is 6.30. The zero-order valence-corrected chi connectivity index (χ0v) is 14.3. The number of amides is 1. The van der Waals surface area contributed by atoms with Crippen LogP contribution in [-0.4, -0.2) is 23.2 Å². The van der Waals surface area contributed by atoms with E-state index in [0.29, 0.717) is 27.6 Å². The molecule has 1 heterocycles. The lowest BCUT2D eigenvalue weighted by atomic mass is 10.00. The molecule has 3 rings (SSSR count). The van der Waals surface area contributed by atoms with Gasteiger partial charge in [-0.25, -0.2) is 0 Å². The van der Waals surface area contributed by atoms with E-state index < -0.39 is 6.10 Å². The van der Waals surface area contributed by atoms with Gasteiger partial charge < -0.3 is 14.9 Å². The maximum Gasteiger partial charge on any atom is 0.256 e. The van der Waals surface area contributed by atoms with Crippen LogP contribution >= 0.6 is 11.6 Å². The van der Waals surface area contributed by atoms with Crippen molar-refractivity contribution in [1.29, 1.82) is 0 Å². The summed E-state index contributed by atoms with van der Waals surface area (Å²) in [6.45, 7) is 0. The Morgan fingerprint density at radius 2 is 1.88 bits per heavy atom. The van der Waals surface area contributed by atoms with Gasteiger partial charge in [0.1, 0.15) is 11.3 Å². The minimum atomic E-state index is -0.796. The van der Waals surface area contributed by atoms with Gasteiger partial charge in [0.05, 0.1) is 6.10 Å². The molecule has 1 unspecified atom stereocenters. The van der Waals surface area contributed by atoms with Crippen LogP contribution in [0.2, 0.25) is 5.02 Å². The maximum atomic E-state index is 12.4. The van der Waals surface area contributed by atoms with Crippen molar-refractivity contribution in [2.24, 2.45) is 0 Å². The zero-order valence-electron chi connectivity index (χ0n) is 13.6. The van der Waals surface area contributed by atoms with Gasteiger partial charge in [0, 0.05) is 24.1 Å². The number of carbonyl (C=O) groups excluding carboxylic acids is 1. The Morgan fingerprint density at radius 3 is 2.52 bits per heavy atom. The first-order chi connectivity index (χ1) is 12.1. The molecule has 1 aromatic heterocycles. The topological polar surface area (TPSA) is 75.4 Å². The maximum absolute atomic E-state index is 12.4. The summed E-state index contributed by atoms with van der Waals surface area (Å²) in [5.41, 5.74) is 2.20. The summed E-state index contributed by atoms with van der Waals surface area (Å²) in [5.74, 6) is 0.0158. The van der Waals surface area contributed by atoms with Crippen molar-refractivity contribution < 1.29 is 14.4 Å². The van der Waals surface area contributed by atoms with Crippen molar-refractivity contribution in [2.45, 2.75) is 12.5 Å². The van der Waals surface area contributed by atoms with Crippen LogP contribution in [0.1, 0.15) is 27.8 Å². The summed E-state index contributed by atoms with van der Waals surface area (Å²) in [5, 5.41) is 17.7. The average molecular weight is 357 g/mol. The summed E-state index contributed by atoms with van der Waals surface area (Å²) in [6, 6.07) is 16.2. The first kappa shape index (κ1) is 17.2. The molecule has 0 saturated carbocycles. The van der Waals surface area contributed by atoms with Gasteiger partial charge in [0.15, 0.2) is 5.76 Å². The molecule has 0 radical (unpaired) electrons. The molecule has 6 heteroatoms. The lowest BCUT2D eigenvalue weighted by Crippen LogP contribution is -2.20. The van der Waals surface area contributed by atoms with Crippen LogP contribution in [0.15, 0.2) is 59.1 Å². The number of benzene rings is 2. The lowest BCUT2D eigenvalue weighted by molar-refractivity contribution is 0.0959. The molecular weight excluding hydrogens is 340 g/mol. The van der Waals surface area contributed by atoms with E-state index in [0.717, 1.165) is 5.56 Å². The van der Waals surface area contributed by atoms with E-state index in [9.17, 15) is 9.90 Å². The highest BCUT2D eigenvalue weighted by Crippen LogP contribution is 2.29. The molecule has 1 atom stereocenters. The number of carbonyl (C=O) groups is 1. The van der Waals surface area contributed by atoms with Gasteiger partial charge in [0.2, 0.25) is 0 Å². The molecule has 25 heavy (non-hydrogen) atoms. The predicted octanol–water partition coefficient (Wildman–Crippen LogP) is 3.63. The van der Waals surface area contributed by atoms with Crippen molar-refractivity contribution in [3.8, 4) is 11.3 Å². The molecule has 3 aromatic rings. The van der Waals surface area contributed by atoms with Crippen molar-refractivity contribution in [3.05, 3.63) is 76.5 Å². The van der Waals surface area contributed by atoms with Gasteiger partial charge in [0.25, 0.3) is 5.91 Å². The van der Waals surface area contributed by atoms with Crippen LogP contribution in [0.5, 0.6) is 0 Å². The Kier molecular flexibility index (Phi) is 5.16. The monoisotopic (exact) mass is 356 g/mol. The Balaban J connectivity index is 1.97. The standard InChI is InChI=1S/C19H17ClN2O3/c1-21-19(24)17-16(11-15(23)12-5-3-2-4-6-12)25-22-18(17)13-7-9-14(20)10-8-13/h2-10,15,23H,11H2,1H3,(H,21,24). The van der Waals surface area contributed by atoms with Gasteiger partial charge in [-0.1, -0.05) is 59.2 Å². The number of halogens is 1. The first-order valence-corrected chi connectivity index (χ1v) is 8.17. The molecule has 128 valence electrons. The number of aliphatic hydroxyl groups is 1. The molecule has 0 saturated heterocycles. The summed E-state index contributed by atoms with van der Waals surface area (Å²) in [7, 11) is 1.54. The van der Waals surface area contributed by atoms with Gasteiger partial charge >= 0.3 is 0 Å². The summed E-state index contributed by atoms with van der Waals surface area (Å²) >= 11 is 5.91. The fraction of sp³-hybridized carbons (Fsp3) is 0.158. The molecule has 0 aliphatic carbocycles. The van der Waals surface area contributed by atoms with Crippen molar-refractivity contribution in [2.75, 3.05) is 7.05 Å². The molecule has 2 N–H and O–H groups in total. The van der Waals surface area contributed by atoms with Crippen LogP contribution in [0.4, 0.5) is 0 Å². The number of rotatable bonds is 5. The second kappa shape index (κ2) is 7.51. The second-order valence-corrected chi connectivity index (χ2v) is 5.98. The number of nitrogens with zero attached hydrogens (tertiary/aromatic N) is 1. The van der Waals surface area contributed by atoms with Gasteiger partial charge in [-0.2, -0.15) is 0 Å². The molecule has 1 amide bonds.